The molecule has 0 fully saturated rings. The van der Waals surface area contributed by atoms with Crippen molar-refractivity contribution >= 4 is 11.6 Å². The summed E-state index contributed by atoms with van der Waals surface area (Å²) in [6, 6.07) is 7.53. The van der Waals surface area contributed by atoms with Crippen LogP contribution in [0.1, 0.15) is 20.3 Å². The SMILES string of the molecule is CCC(C)C(COc1cccc(Cl)c1)NN. The Kier molecular flexibility index (Phi) is 5.60. The highest BCUT2D eigenvalue weighted by atomic mass is 35.5. The third kappa shape index (κ3) is 4.00. The summed E-state index contributed by atoms with van der Waals surface area (Å²) in [7, 11) is 0. The summed E-state index contributed by atoms with van der Waals surface area (Å²) in [6.07, 6.45) is 1.06. The van der Waals surface area contributed by atoms with E-state index in [2.05, 4.69) is 19.3 Å². The molecule has 1 aromatic rings. The molecule has 2 atom stereocenters. The molecule has 4 heteroatoms. The molecule has 0 saturated heterocycles. The van der Waals surface area contributed by atoms with Gasteiger partial charge in [-0.25, -0.2) is 0 Å². The average Bonchev–Trinajstić information content (AvgIpc) is 2.29. The quantitative estimate of drug-likeness (QED) is 0.596. The molecule has 16 heavy (non-hydrogen) atoms. The molecule has 1 aromatic carbocycles. The van der Waals surface area contributed by atoms with Crippen molar-refractivity contribution < 1.29 is 4.74 Å². The van der Waals surface area contributed by atoms with E-state index in [1.54, 1.807) is 6.07 Å². The van der Waals surface area contributed by atoms with Gasteiger partial charge < -0.3 is 4.74 Å². The molecule has 0 bridgehead atoms. The van der Waals surface area contributed by atoms with Gasteiger partial charge in [0.15, 0.2) is 0 Å². The lowest BCUT2D eigenvalue weighted by atomic mass is 10.0. The highest BCUT2D eigenvalue weighted by Gasteiger charge is 2.14. The number of hydrogen-bond donors (Lipinski definition) is 2. The van der Waals surface area contributed by atoms with Crippen molar-refractivity contribution in [1.82, 2.24) is 5.43 Å². The number of rotatable bonds is 6. The Morgan fingerprint density at radius 2 is 2.25 bits per heavy atom. The Morgan fingerprint density at radius 1 is 1.50 bits per heavy atom. The van der Waals surface area contributed by atoms with Crippen LogP contribution in [0.25, 0.3) is 0 Å². The maximum absolute atomic E-state index is 5.86. The summed E-state index contributed by atoms with van der Waals surface area (Å²) in [5.41, 5.74) is 2.78. The van der Waals surface area contributed by atoms with Crippen LogP contribution in [0.2, 0.25) is 5.02 Å². The van der Waals surface area contributed by atoms with Gasteiger partial charge in [-0.2, -0.15) is 0 Å². The molecule has 0 radical (unpaired) electrons. The summed E-state index contributed by atoms with van der Waals surface area (Å²) in [4.78, 5) is 0. The second kappa shape index (κ2) is 6.74. The predicted octanol–water partition coefficient (Wildman–Crippen LogP) is 2.60. The molecular weight excluding hydrogens is 224 g/mol. The molecule has 3 N–H and O–H groups in total. The third-order valence-electron chi connectivity index (χ3n) is 2.77. The minimum atomic E-state index is 0.156. The van der Waals surface area contributed by atoms with Gasteiger partial charge in [-0.15, -0.1) is 0 Å². The number of halogens is 1. The highest BCUT2D eigenvalue weighted by molar-refractivity contribution is 6.30. The van der Waals surface area contributed by atoms with Gasteiger partial charge in [0.2, 0.25) is 0 Å². The Morgan fingerprint density at radius 3 is 2.81 bits per heavy atom. The topological polar surface area (TPSA) is 47.3 Å². The number of hydrazine groups is 1. The predicted molar refractivity (Wildman–Crippen MR) is 67.5 cm³/mol. The maximum atomic E-state index is 5.86. The van der Waals surface area contributed by atoms with Crippen LogP contribution < -0.4 is 16.0 Å². The minimum absolute atomic E-state index is 0.156. The molecule has 3 nitrogen and oxygen atoms in total. The number of benzene rings is 1. The van der Waals surface area contributed by atoms with Crippen molar-refractivity contribution in [2.24, 2.45) is 11.8 Å². The van der Waals surface area contributed by atoms with Gasteiger partial charge in [-0.3, -0.25) is 11.3 Å². The van der Waals surface area contributed by atoms with Gasteiger partial charge in [0, 0.05) is 5.02 Å². The number of ether oxygens (including phenoxy) is 1. The van der Waals surface area contributed by atoms with Gasteiger partial charge >= 0.3 is 0 Å². The fraction of sp³-hybridized carbons (Fsp3) is 0.500. The molecule has 0 saturated carbocycles. The molecule has 0 amide bonds. The normalized spacial score (nSPS) is 14.5. The van der Waals surface area contributed by atoms with E-state index in [4.69, 9.17) is 22.2 Å². The molecule has 1 rings (SSSR count). The summed E-state index contributed by atoms with van der Waals surface area (Å²) in [5.74, 6) is 6.74. The van der Waals surface area contributed by atoms with Crippen LogP contribution >= 0.6 is 11.6 Å². The lowest BCUT2D eigenvalue weighted by Gasteiger charge is -2.22. The molecule has 0 aliphatic carbocycles. The lowest BCUT2D eigenvalue weighted by molar-refractivity contribution is 0.221. The molecular formula is C12H19ClN2O. The Bertz CT molecular complexity index is 320. The molecule has 90 valence electrons. The second-order valence-corrected chi connectivity index (χ2v) is 4.36. The van der Waals surface area contributed by atoms with E-state index in [0.717, 1.165) is 12.2 Å². The van der Waals surface area contributed by atoms with Crippen molar-refractivity contribution in [3.05, 3.63) is 29.3 Å². The fourth-order valence-electron chi connectivity index (χ4n) is 1.40. The van der Waals surface area contributed by atoms with E-state index in [1.165, 1.54) is 0 Å². The van der Waals surface area contributed by atoms with Gasteiger partial charge in [-0.05, 0) is 24.1 Å². The van der Waals surface area contributed by atoms with E-state index in [1.807, 2.05) is 18.2 Å². The first kappa shape index (κ1) is 13.3. The Hall–Kier alpha value is -0.770. The van der Waals surface area contributed by atoms with E-state index in [9.17, 15) is 0 Å². The largest absolute Gasteiger partial charge is 0.492 e. The zero-order valence-electron chi connectivity index (χ0n) is 9.74. The van der Waals surface area contributed by atoms with E-state index < -0.39 is 0 Å². The first-order valence-electron chi connectivity index (χ1n) is 5.51. The number of nitrogens with two attached hydrogens (primary N) is 1. The smallest absolute Gasteiger partial charge is 0.120 e. The van der Waals surface area contributed by atoms with Crippen molar-refractivity contribution in [2.75, 3.05) is 6.61 Å². The zero-order valence-corrected chi connectivity index (χ0v) is 10.5. The Labute approximate surface area is 102 Å². The molecule has 0 aliphatic heterocycles. The monoisotopic (exact) mass is 242 g/mol. The average molecular weight is 243 g/mol. The summed E-state index contributed by atoms with van der Waals surface area (Å²) in [5, 5.41) is 0.679. The first-order chi connectivity index (χ1) is 7.67. The van der Waals surface area contributed by atoms with Crippen LogP contribution in [0.5, 0.6) is 5.75 Å². The van der Waals surface area contributed by atoms with Crippen LogP contribution in [0.3, 0.4) is 0 Å². The van der Waals surface area contributed by atoms with Crippen LogP contribution in [0.4, 0.5) is 0 Å². The standard InChI is InChI=1S/C12H19ClN2O/c1-3-9(2)12(15-14)8-16-11-6-4-5-10(13)7-11/h4-7,9,12,15H,3,8,14H2,1-2H3. The number of hydrogen-bond acceptors (Lipinski definition) is 3. The third-order valence-corrected chi connectivity index (χ3v) is 3.01. The Balaban J connectivity index is 2.49. The first-order valence-corrected chi connectivity index (χ1v) is 5.89. The molecule has 0 aromatic heterocycles. The second-order valence-electron chi connectivity index (χ2n) is 3.93. The van der Waals surface area contributed by atoms with Crippen molar-refractivity contribution in [3.8, 4) is 5.75 Å². The molecule has 0 spiro atoms. The van der Waals surface area contributed by atoms with E-state index in [-0.39, 0.29) is 6.04 Å². The van der Waals surface area contributed by atoms with Crippen LogP contribution in [-0.2, 0) is 0 Å². The van der Waals surface area contributed by atoms with Gasteiger partial charge in [0.05, 0.1) is 6.04 Å². The van der Waals surface area contributed by atoms with Gasteiger partial charge in [0.25, 0.3) is 0 Å². The minimum Gasteiger partial charge on any atom is -0.492 e. The van der Waals surface area contributed by atoms with Gasteiger partial charge in [-0.1, -0.05) is 37.9 Å². The number of nitrogens with one attached hydrogen (secondary N) is 1. The lowest BCUT2D eigenvalue weighted by Crippen LogP contribution is -2.43. The van der Waals surface area contributed by atoms with Gasteiger partial charge in [0.1, 0.15) is 12.4 Å². The molecule has 0 heterocycles. The summed E-state index contributed by atoms with van der Waals surface area (Å²) < 4.78 is 5.64. The zero-order chi connectivity index (χ0) is 12.0. The van der Waals surface area contributed by atoms with Crippen LogP contribution in [0.15, 0.2) is 24.3 Å². The van der Waals surface area contributed by atoms with Crippen molar-refractivity contribution in [3.63, 3.8) is 0 Å². The van der Waals surface area contributed by atoms with E-state index >= 15 is 0 Å². The highest BCUT2D eigenvalue weighted by Crippen LogP contribution is 2.18. The van der Waals surface area contributed by atoms with Crippen LogP contribution in [0, 0.1) is 5.92 Å². The summed E-state index contributed by atoms with van der Waals surface area (Å²) >= 11 is 5.86. The fourth-order valence-corrected chi connectivity index (χ4v) is 1.58. The molecule has 0 aliphatic rings. The molecule has 2 unspecified atom stereocenters. The van der Waals surface area contributed by atoms with Crippen LogP contribution in [-0.4, -0.2) is 12.6 Å². The summed E-state index contributed by atoms with van der Waals surface area (Å²) in [6.45, 7) is 4.83. The van der Waals surface area contributed by atoms with Crippen molar-refractivity contribution in [1.29, 1.82) is 0 Å². The van der Waals surface area contributed by atoms with Crippen molar-refractivity contribution in [2.45, 2.75) is 26.3 Å². The maximum Gasteiger partial charge on any atom is 0.120 e. The van der Waals surface area contributed by atoms with E-state index in [0.29, 0.717) is 17.5 Å².